The van der Waals surface area contributed by atoms with E-state index in [0.29, 0.717) is 13.1 Å². The summed E-state index contributed by atoms with van der Waals surface area (Å²) in [6.07, 6.45) is 2.99. The van der Waals surface area contributed by atoms with Crippen molar-refractivity contribution in [2.45, 2.75) is 38.3 Å². The summed E-state index contributed by atoms with van der Waals surface area (Å²) in [5.41, 5.74) is 7.47. The second kappa shape index (κ2) is 6.45. The van der Waals surface area contributed by atoms with Crippen LogP contribution in [-0.4, -0.2) is 31.1 Å². The molecule has 2 unspecified atom stereocenters. The molecule has 5 nitrogen and oxygen atoms in total. The van der Waals surface area contributed by atoms with Gasteiger partial charge in [-0.15, -0.1) is 0 Å². The van der Waals surface area contributed by atoms with Crippen LogP contribution < -0.4 is 20.9 Å². The number of benzene rings is 1. The minimum Gasteiger partial charge on any atom is -0.488 e. The van der Waals surface area contributed by atoms with Crippen molar-refractivity contribution in [3.05, 3.63) is 29.8 Å². The zero-order chi connectivity index (χ0) is 14.7. The number of ether oxygens (including phenoxy) is 1. The molecular weight excluding hydrogens is 266 g/mol. The number of hydrogen-bond acceptors (Lipinski definition) is 4. The molecule has 1 amide bonds. The van der Waals surface area contributed by atoms with Crippen LogP contribution in [0.3, 0.4) is 0 Å². The van der Waals surface area contributed by atoms with Gasteiger partial charge in [0.2, 0.25) is 5.91 Å². The van der Waals surface area contributed by atoms with Crippen LogP contribution in [0.25, 0.3) is 0 Å². The Balaban J connectivity index is 1.51. The Morgan fingerprint density at radius 1 is 1.43 bits per heavy atom. The standard InChI is InChI=1S/C16H23N3O2/c1-2-14-13(10-18-19-14)16(20)17-9-12-8-7-11-5-3-4-6-15(11)21-12/h3-6,12-14,18-19H,2,7-10H2,1H3,(H,17,20)/t12-,13?,14?/m1/s1. The molecule has 5 heteroatoms. The SMILES string of the molecule is CCC1NNCC1C(=O)NC[C@H]1CCc2ccccc2O1. The van der Waals surface area contributed by atoms with E-state index < -0.39 is 0 Å². The summed E-state index contributed by atoms with van der Waals surface area (Å²) in [6.45, 7) is 3.37. The topological polar surface area (TPSA) is 62.4 Å². The van der Waals surface area contributed by atoms with E-state index >= 15 is 0 Å². The molecule has 21 heavy (non-hydrogen) atoms. The van der Waals surface area contributed by atoms with Crippen LogP contribution in [0.15, 0.2) is 24.3 Å². The van der Waals surface area contributed by atoms with Crippen LogP contribution in [-0.2, 0) is 11.2 Å². The maximum absolute atomic E-state index is 12.3. The maximum atomic E-state index is 12.3. The van der Waals surface area contributed by atoms with Crippen molar-refractivity contribution < 1.29 is 9.53 Å². The van der Waals surface area contributed by atoms with Gasteiger partial charge in [-0.1, -0.05) is 25.1 Å². The van der Waals surface area contributed by atoms with Crippen molar-refractivity contribution in [2.24, 2.45) is 5.92 Å². The first-order valence-electron chi connectivity index (χ1n) is 7.78. The maximum Gasteiger partial charge on any atom is 0.226 e. The fourth-order valence-electron chi connectivity index (χ4n) is 3.07. The number of hydrazine groups is 1. The molecule has 0 saturated carbocycles. The number of aryl methyl sites for hydroxylation is 1. The first-order valence-corrected chi connectivity index (χ1v) is 7.78. The number of hydrogen-bond donors (Lipinski definition) is 3. The zero-order valence-electron chi connectivity index (χ0n) is 12.4. The third-order valence-corrected chi connectivity index (χ3v) is 4.38. The summed E-state index contributed by atoms with van der Waals surface area (Å²) in [7, 11) is 0. The molecule has 0 radical (unpaired) electrons. The summed E-state index contributed by atoms with van der Waals surface area (Å²) in [4.78, 5) is 12.3. The highest BCUT2D eigenvalue weighted by Gasteiger charge is 2.31. The molecule has 2 heterocycles. The number of para-hydroxylation sites is 1. The zero-order valence-corrected chi connectivity index (χ0v) is 12.4. The quantitative estimate of drug-likeness (QED) is 0.774. The van der Waals surface area contributed by atoms with Gasteiger partial charge in [0.25, 0.3) is 0 Å². The average molecular weight is 289 g/mol. The Morgan fingerprint density at radius 2 is 2.29 bits per heavy atom. The van der Waals surface area contributed by atoms with Gasteiger partial charge in [0.05, 0.1) is 12.5 Å². The lowest BCUT2D eigenvalue weighted by atomic mass is 9.98. The van der Waals surface area contributed by atoms with E-state index in [9.17, 15) is 4.79 Å². The van der Waals surface area contributed by atoms with Crippen LogP contribution >= 0.6 is 0 Å². The minimum absolute atomic E-state index is 0.00544. The fraction of sp³-hybridized carbons (Fsp3) is 0.562. The normalized spacial score (nSPS) is 27.8. The minimum atomic E-state index is 0.00544. The number of nitrogens with one attached hydrogen (secondary N) is 3. The van der Waals surface area contributed by atoms with Crippen molar-refractivity contribution in [3.63, 3.8) is 0 Å². The second-order valence-corrected chi connectivity index (χ2v) is 5.78. The van der Waals surface area contributed by atoms with Crippen LogP contribution in [0.5, 0.6) is 5.75 Å². The predicted molar refractivity (Wildman–Crippen MR) is 80.9 cm³/mol. The van der Waals surface area contributed by atoms with Gasteiger partial charge >= 0.3 is 0 Å². The van der Waals surface area contributed by atoms with E-state index in [1.165, 1.54) is 5.56 Å². The Kier molecular flexibility index (Phi) is 4.41. The molecule has 3 atom stereocenters. The molecule has 0 bridgehead atoms. The van der Waals surface area contributed by atoms with E-state index in [4.69, 9.17) is 4.74 Å². The largest absolute Gasteiger partial charge is 0.488 e. The molecular formula is C16H23N3O2. The van der Waals surface area contributed by atoms with Gasteiger partial charge < -0.3 is 10.1 Å². The van der Waals surface area contributed by atoms with E-state index in [2.05, 4.69) is 29.2 Å². The molecule has 3 rings (SSSR count). The number of amides is 1. The lowest BCUT2D eigenvalue weighted by Gasteiger charge is -2.27. The highest BCUT2D eigenvalue weighted by Crippen LogP contribution is 2.26. The van der Waals surface area contributed by atoms with Crippen LogP contribution in [0, 0.1) is 5.92 Å². The summed E-state index contributed by atoms with van der Waals surface area (Å²) in [6, 6.07) is 8.35. The van der Waals surface area contributed by atoms with Crippen LogP contribution in [0.2, 0.25) is 0 Å². The molecule has 1 fully saturated rings. The third-order valence-electron chi connectivity index (χ3n) is 4.38. The van der Waals surface area contributed by atoms with Crippen molar-refractivity contribution in [3.8, 4) is 5.75 Å². The highest BCUT2D eigenvalue weighted by atomic mass is 16.5. The monoisotopic (exact) mass is 289 g/mol. The Bertz CT molecular complexity index is 506. The average Bonchev–Trinajstić information content (AvgIpc) is 3.01. The van der Waals surface area contributed by atoms with Crippen molar-refractivity contribution in [1.82, 2.24) is 16.2 Å². The molecule has 2 aliphatic heterocycles. The molecule has 1 saturated heterocycles. The van der Waals surface area contributed by atoms with Crippen molar-refractivity contribution in [2.75, 3.05) is 13.1 Å². The van der Waals surface area contributed by atoms with Crippen LogP contribution in [0.4, 0.5) is 0 Å². The summed E-state index contributed by atoms with van der Waals surface area (Å²) in [5.74, 6) is 1.08. The molecule has 114 valence electrons. The molecule has 2 aliphatic rings. The van der Waals surface area contributed by atoms with Crippen LogP contribution in [0.1, 0.15) is 25.3 Å². The summed E-state index contributed by atoms with van der Waals surface area (Å²) < 4.78 is 5.95. The molecule has 3 N–H and O–H groups in total. The van der Waals surface area contributed by atoms with Crippen molar-refractivity contribution >= 4 is 5.91 Å². The van der Waals surface area contributed by atoms with E-state index in [0.717, 1.165) is 25.0 Å². The van der Waals surface area contributed by atoms with Gasteiger partial charge in [0, 0.05) is 12.6 Å². The third kappa shape index (κ3) is 3.19. The number of rotatable bonds is 4. The van der Waals surface area contributed by atoms with Gasteiger partial charge in [-0.05, 0) is 30.9 Å². The lowest BCUT2D eigenvalue weighted by molar-refractivity contribution is -0.125. The summed E-state index contributed by atoms with van der Waals surface area (Å²) >= 11 is 0. The smallest absolute Gasteiger partial charge is 0.226 e. The highest BCUT2D eigenvalue weighted by molar-refractivity contribution is 5.80. The first-order chi connectivity index (χ1) is 10.3. The first kappa shape index (κ1) is 14.4. The Morgan fingerprint density at radius 3 is 3.14 bits per heavy atom. The Labute approximate surface area is 125 Å². The fourth-order valence-corrected chi connectivity index (χ4v) is 3.07. The van der Waals surface area contributed by atoms with E-state index in [1.54, 1.807) is 0 Å². The molecule has 0 aliphatic carbocycles. The summed E-state index contributed by atoms with van der Waals surface area (Å²) in [5, 5.41) is 3.05. The predicted octanol–water partition coefficient (Wildman–Crippen LogP) is 0.999. The molecule has 0 aromatic heterocycles. The number of carbonyl (C=O) groups excluding carboxylic acids is 1. The molecule has 1 aromatic carbocycles. The number of carbonyl (C=O) groups is 1. The van der Waals surface area contributed by atoms with E-state index in [1.807, 2.05) is 18.2 Å². The molecule has 1 aromatic rings. The lowest BCUT2D eigenvalue weighted by Crippen LogP contribution is -2.43. The molecule has 0 spiro atoms. The van der Waals surface area contributed by atoms with Crippen molar-refractivity contribution in [1.29, 1.82) is 0 Å². The second-order valence-electron chi connectivity index (χ2n) is 5.78. The van der Waals surface area contributed by atoms with Gasteiger partial charge in [0.15, 0.2) is 0 Å². The van der Waals surface area contributed by atoms with Gasteiger partial charge in [-0.3, -0.25) is 15.6 Å². The van der Waals surface area contributed by atoms with Gasteiger partial charge in [-0.2, -0.15) is 0 Å². The van der Waals surface area contributed by atoms with E-state index in [-0.39, 0.29) is 24.0 Å². The Hall–Kier alpha value is -1.59. The van der Waals surface area contributed by atoms with Gasteiger partial charge in [0.1, 0.15) is 11.9 Å². The number of fused-ring (bicyclic) bond motifs is 1. The van der Waals surface area contributed by atoms with Gasteiger partial charge in [-0.25, -0.2) is 0 Å².